The third kappa shape index (κ3) is 3.53. The van der Waals surface area contributed by atoms with Crippen LogP contribution >= 0.6 is 0 Å². The summed E-state index contributed by atoms with van der Waals surface area (Å²) in [5.41, 5.74) is 2.48. The van der Waals surface area contributed by atoms with Crippen molar-refractivity contribution in [1.82, 2.24) is 15.3 Å². The second kappa shape index (κ2) is 5.96. The zero-order valence-corrected chi connectivity index (χ0v) is 11.5. The highest BCUT2D eigenvalue weighted by atomic mass is 15.2. The van der Waals surface area contributed by atoms with Crippen molar-refractivity contribution in [3.63, 3.8) is 0 Å². The second-order valence-electron chi connectivity index (χ2n) is 5.15. The Morgan fingerprint density at radius 1 is 1.39 bits per heavy atom. The number of hydrogen-bond acceptors (Lipinski definition) is 4. The molecule has 0 bridgehead atoms. The number of aromatic nitrogens is 2. The van der Waals surface area contributed by atoms with Crippen LogP contribution in [0.25, 0.3) is 0 Å². The number of hydrogen-bond donors (Lipinski definition) is 1. The van der Waals surface area contributed by atoms with Crippen molar-refractivity contribution in [2.45, 2.75) is 39.8 Å². The first-order valence-electron chi connectivity index (χ1n) is 6.60. The fourth-order valence-electron chi connectivity index (χ4n) is 1.92. The average molecular weight is 246 g/mol. The minimum Gasteiger partial charge on any atom is -0.351 e. The maximum atomic E-state index is 4.67. The number of anilines is 1. The minimum absolute atomic E-state index is 0.469. The Morgan fingerprint density at radius 3 is 2.89 bits per heavy atom. The van der Waals surface area contributed by atoms with Gasteiger partial charge in [0.05, 0.1) is 11.9 Å². The van der Waals surface area contributed by atoms with Crippen LogP contribution in [0, 0.1) is 0 Å². The number of rotatable bonds is 4. The summed E-state index contributed by atoms with van der Waals surface area (Å²) in [6, 6.07) is 0.469. The van der Waals surface area contributed by atoms with E-state index >= 15 is 0 Å². The third-order valence-corrected chi connectivity index (χ3v) is 3.12. The molecule has 1 aromatic rings. The lowest BCUT2D eigenvalue weighted by atomic mass is 10.1. The highest BCUT2D eigenvalue weighted by molar-refractivity contribution is 5.39. The van der Waals surface area contributed by atoms with E-state index in [0.29, 0.717) is 6.04 Å². The van der Waals surface area contributed by atoms with E-state index in [1.54, 1.807) is 0 Å². The van der Waals surface area contributed by atoms with E-state index in [1.807, 2.05) is 12.4 Å². The van der Waals surface area contributed by atoms with Crippen LogP contribution in [0.3, 0.4) is 0 Å². The Labute approximate surface area is 109 Å². The van der Waals surface area contributed by atoms with Crippen LogP contribution in [0.2, 0.25) is 0 Å². The van der Waals surface area contributed by atoms with E-state index < -0.39 is 0 Å². The molecule has 4 nitrogen and oxygen atoms in total. The van der Waals surface area contributed by atoms with E-state index in [-0.39, 0.29) is 0 Å². The van der Waals surface area contributed by atoms with Crippen LogP contribution in [0.5, 0.6) is 0 Å². The van der Waals surface area contributed by atoms with Crippen molar-refractivity contribution >= 4 is 5.82 Å². The first-order valence-corrected chi connectivity index (χ1v) is 6.60. The van der Waals surface area contributed by atoms with Gasteiger partial charge in [-0.05, 0) is 13.3 Å². The van der Waals surface area contributed by atoms with E-state index in [2.05, 4.69) is 47.0 Å². The molecule has 0 saturated carbocycles. The van der Waals surface area contributed by atoms with Crippen LogP contribution < -0.4 is 10.2 Å². The first kappa shape index (κ1) is 13.0. The molecule has 0 aromatic carbocycles. The summed E-state index contributed by atoms with van der Waals surface area (Å²) in [5.74, 6) is 0.988. The van der Waals surface area contributed by atoms with Gasteiger partial charge in [-0.2, -0.15) is 0 Å². The lowest BCUT2D eigenvalue weighted by molar-refractivity contribution is 0.579. The molecule has 98 valence electrons. The molecule has 18 heavy (non-hydrogen) atoms. The lowest BCUT2D eigenvalue weighted by Gasteiger charge is -2.26. The summed E-state index contributed by atoms with van der Waals surface area (Å²) < 4.78 is 0. The largest absolute Gasteiger partial charge is 0.351 e. The van der Waals surface area contributed by atoms with Gasteiger partial charge in [0, 0.05) is 31.9 Å². The molecule has 4 heteroatoms. The van der Waals surface area contributed by atoms with Gasteiger partial charge in [-0.25, -0.2) is 4.98 Å². The molecule has 1 aliphatic heterocycles. The predicted octanol–water partition coefficient (Wildman–Crippen LogP) is 2.13. The fourth-order valence-corrected chi connectivity index (χ4v) is 1.92. The highest BCUT2D eigenvalue weighted by Gasteiger charge is 2.12. The first-order chi connectivity index (χ1) is 8.65. The normalized spacial score (nSPS) is 16.0. The van der Waals surface area contributed by atoms with Crippen LogP contribution in [0.15, 0.2) is 24.0 Å². The third-order valence-electron chi connectivity index (χ3n) is 3.12. The molecule has 2 rings (SSSR count). The zero-order valence-electron chi connectivity index (χ0n) is 11.5. The molecular weight excluding hydrogens is 224 g/mol. The predicted molar refractivity (Wildman–Crippen MR) is 74.6 cm³/mol. The van der Waals surface area contributed by atoms with Crippen molar-refractivity contribution in [1.29, 1.82) is 0 Å². The zero-order chi connectivity index (χ0) is 13.0. The van der Waals surface area contributed by atoms with Gasteiger partial charge in [0.15, 0.2) is 0 Å². The van der Waals surface area contributed by atoms with Gasteiger partial charge >= 0.3 is 0 Å². The summed E-state index contributed by atoms with van der Waals surface area (Å²) in [4.78, 5) is 11.2. The summed E-state index contributed by atoms with van der Waals surface area (Å²) in [6.45, 7) is 9.22. The Bertz CT molecular complexity index is 426. The van der Waals surface area contributed by atoms with Gasteiger partial charge in [-0.3, -0.25) is 4.98 Å². The van der Waals surface area contributed by atoms with Crippen LogP contribution in [-0.2, 0) is 6.54 Å². The Balaban J connectivity index is 2.03. The molecule has 0 spiro atoms. The molecule has 0 aliphatic carbocycles. The van der Waals surface area contributed by atoms with Gasteiger partial charge in [0.1, 0.15) is 5.82 Å². The Kier molecular flexibility index (Phi) is 4.31. The van der Waals surface area contributed by atoms with E-state index in [4.69, 9.17) is 0 Å². The van der Waals surface area contributed by atoms with Crippen LogP contribution in [-0.4, -0.2) is 29.1 Å². The van der Waals surface area contributed by atoms with Crippen molar-refractivity contribution in [3.05, 3.63) is 29.7 Å². The quantitative estimate of drug-likeness (QED) is 0.826. The molecule has 0 saturated heterocycles. The van der Waals surface area contributed by atoms with Gasteiger partial charge in [-0.1, -0.05) is 25.5 Å². The minimum atomic E-state index is 0.469. The Morgan fingerprint density at radius 2 is 2.22 bits per heavy atom. The van der Waals surface area contributed by atoms with Crippen molar-refractivity contribution in [2.24, 2.45) is 0 Å². The summed E-state index contributed by atoms with van der Waals surface area (Å²) in [6.07, 6.45) is 7.08. The maximum Gasteiger partial charge on any atom is 0.147 e. The SMILES string of the molecule is CC1=CCN(c2cncc(CNC(C)C)n2)CC1. The van der Waals surface area contributed by atoms with Crippen molar-refractivity contribution in [3.8, 4) is 0 Å². The van der Waals surface area contributed by atoms with Crippen LogP contribution in [0.1, 0.15) is 32.9 Å². The molecule has 0 radical (unpaired) electrons. The van der Waals surface area contributed by atoms with Gasteiger partial charge < -0.3 is 10.2 Å². The van der Waals surface area contributed by atoms with E-state index in [0.717, 1.165) is 37.6 Å². The maximum absolute atomic E-state index is 4.67. The van der Waals surface area contributed by atoms with Gasteiger partial charge in [-0.15, -0.1) is 0 Å². The molecule has 1 N–H and O–H groups in total. The van der Waals surface area contributed by atoms with Gasteiger partial charge in [0.25, 0.3) is 0 Å². The number of nitrogens with zero attached hydrogens (tertiary/aromatic N) is 3. The van der Waals surface area contributed by atoms with Crippen molar-refractivity contribution < 1.29 is 0 Å². The molecule has 0 amide bonds. The molecule has 1 aliphatic rings. The van der Waals surface area contributed by atoms with Crippen LogP contribution in [0.4, 0.5) is 5.82 Å². The monoisotopic (exact) mass is 246 g/mol. The lowest BCUT2D eigenvalue weighted by Crippen LogP contribution is -2.29. The summed E-state index contributed by atoms with van der Waals surface area (Å²) in [7, 11) is 0. The molecule has 0 atom stereocenters. The average Bonchev–Trinajstić information content (AvgIpc) is 2.37. The summed E-state index contributed by atoms with van der Waals surface area (Å²) >= 11 is 0. The summed E-state index contributed by atoms with van der Waals surface area (Å²) in [5, 5.41) is 3.37. The van der Waals surface area contributed by atoms with Gasteiger partial charge in [0.2, 0.25) is 0 Å². The molecule has 2 heterocycles. The molecule has 1 aromatic heterocycles. The van der Waals surface area contributed by atoms with Crippen molar-refractivity contribution in [2.75, 3.05) is 18.0 Å². The standard InChI is InChI=1S/C14H22N4/c1-11(2)16-9-13-8-15-10-14(17-13)18-6-4-12(3)5-7-18/h4,8,10-11,16H,5-7,9H2,1-3H3. The molecular formula is C14H22N4. The molecule has 0 unspecified atom stereocenters. The Hall–Kier alpha value is -1.42. The smallest absolute Gasteiger partial charge is 0.147 e. The second-order valence-corrected chi connectivity index (χ2v) is 5.15. The number of nitrogens with one attached hydrogen (secondary N) is 1. The van der Waals surface area contributed by atoms with E-state index in [9.17, 15) is 0 Å². The highest BCUT2D eigenvalue weighted by Crippen LogP contribution is 2.16. The van der Waals surface area contributed by atoms with E-state index in [1.165, 1.54) is 5.57 Å². The fraction of sp³-hybridized carbons (Fsp3) is 0.571. The molecule has 0 fully saturated rings. The topological polar surface area (TPSA) is 41.1 Å².